The molecule has 5 heteroatoms. The molecule has 1 aliphatic heterocycles. The van der Waals surface area contributed by atoms with Crippen LogP contribution in [-0.2, 0) is 17.7 Å². The number of ether oxygens (including phenoxy) is 1. The molecule has 1 N–H and O–H groups in total. The largest absolute Gasteiger partial charge is 0.375 e. The van der Waals surface area contributed by atoms with Crippen LogP contribution in [-0.4, -0.2) is 39.6 Å². The summed E-state index contributed by atoms with van der Waals surface area (Å²) in [5, 5.41) is 8.00. The molecule has 5 nitrogen and oxygen atoms in total. The average molecular weight is 294 g/mol. The first-order chi connectivity index (χ1) is 10.1. The van der Waals surface area contributed by atoms with Gasteiger partial charge in [0.2, 0.25) is 0 Å². The van der Waals surface area contributed by atoms with Gasteiger partial charge in [-0.2, -0.15) is 5.10 Å². The molecule has 21 heavy (non-hydrogen) atoms. The van der Waals surface area contributed by atoms with Crippen molar-refractivity contribution in [2.24, 2.45) is 11.8 Å². The van der Waals surface area contributed by atoms with E-state index in [1.165, 1.54) is 0 Å². The molecule has 5 unspecified atom stereocenters. The van der Waals surface area contributed by atoms with Gasteiger partial charge in [0.1, 0.15) is 12.2 Å². The zero-order chi connectivity index (χ0) is 15.4. The summed E-state index contributed by atoms with van der Waals surface area (Å²) in [6, 6.07) is 0.393. The molecule has 120 valence electrons. The van der Waals surface area contributed by atoms with Crippen LogP contribution in [0.25, 0.3) is 0 Å². The van der Waals surface area contributed by atoms with E-state index in [1.54, 1.807) is 6.33 Å². The van der Waals surface area contributed by atoms with E-state index >= 15 is 0 Å². The van der Waals surface area contributed by atoms with Crippen molar-refractivity contribution < 1.29 is 4.74 Å². The molecule has 0 spiro atoms. The van der Waals surface area contributed by atoms with Crippen molar-refractivity contribution in [3.63, 3.8) is 0 Å². The monoisotopic (exact) mass is 294 g/mol. The van der Waals surface area contributed by atoms with Crippen LogP contribution in [0.3, 0.4) is 0 Å². The van der Waals surface area contributed by atoms with Crippen LogP contribution in [0.2, 0.25) is 0 Å². The summed E-state index contributed by atoms with van der Waals surface area (Å²) in [6.07, 6.45) is 4.30. The Morgan fingerprint density at radius 3 is 2.62 bits per heavy atom. The summed E-state index contributed by atoms with van der Waals surface area (Å²) in [5.74, 6) is 2.17. The fourth-order valence-electron chi connectivity index (χ4n) is 3.64. The van der Waals surface area contributed by atoms with Crippen LogP contribution >= 0.6 is 0 Å². The van der Waals surface area contributed by atoms with Gasteiger partial charge in [-0.05, 0) is 32.7 Å². The molecule has 1 aliphatic rings. The highest BCUT2D eigenvalue weighted by molar-refractivity contribution is 4.98. The molecule has 0 aliphatic carbocycles. The minimum Gasteiger partial charge on any atom is -0.375 e. The van der Waals surface area contributed by atoms with Gasteiger partial charge in [-0.15, -0.1) is 0 Å². The maximum Gasteiger partial charge on any atom is 0.138 e. The van der Waals surface area contributed by atoms with Crippen LogP contribution in [0.15, 0.2) is 6.33 Å². The Balaban J connectivity index is 2.13. The lowest BCUT2D eigenvalue weighted by molar-refractivity contribution is 0.0475. The van der Waals surface area contributed by atoms with E-state index in [2.05, 4.69) is 50.0 Å². The summed E-state index contributed by atoms with van der Waals surface area (Å²) in [7, 11) is 0. The van der Waals surface area contributed by atoms with E-state index < -0.39 is 0 Å². The number of hydrogen-bond acceptors (Lipinski definition) is 4. The highest BCUT2D eigenvalue weighted by Crippen LogP contribution is 2.35. The smallest absolute Gasteiger partial charge is 0.138 e. The standard InChI is InChI=1S/C16H30N4O/c1-6-8-20-15(18-10-19-20)9-14(17-7-2)16-11(3)12(4)21-13(16)5/h10-14,16-17H,6-9H2,1-5H3. The van der Waals surface area contributed by atoms with Crippen molar-refractivity contribution in [3.8, 4) is 0 Å². The first-order valence-electron chi connectivity index (χ1n) is 8.33. The first-order valence-corrected chi connectivity index (χ1v) is 8.33. The molecule has 5 atom stereocenters. The Morgan fingerprint density at radius 1 is 1.29 bits per heavy atom. The van der Waals surface area contributed by atoms with Crippen molar-refractivity contribution >= 4 is 0 Å². The van der Waals surface area contributed by atoms with E-state index in [0.29, 0.717) is 30.1 Å². The average Bonchev–Trinajstić information content (AvgIpc) is 2.96. The van der Waals surface area contributed by atoms with Gasteiger partial charge < -0.3 is 10.1 Å². The summed E-state index contributed by atoms with van der Waals surface area (Å²) in [6.45, 7) is 12.9. The molecule has 2 heterocycles. The fraction of sp³-hybridized carbons (Fsp3) is 0.875. The number of likely N-dealkylation sites (N-methyl/N-ethyl adjacent to an activating group) is 1. The van der Waals surface area contributed by atoms with Gasteiger partial charge in [0.15, 0.2) is 0 Å². The molecule has 1 fully saturated rings. The molecule has 1 aromatic rings. The third-order valence-electron chi connectivity index (χ3n) is 4.78. The third kappa shape index (κ3) is 3.64. The Hall–Kier alpha value is -0.940. The number of aryl methyl sites for hydroxylation is 1. The summed E-state index contributed by atoms with van der Waals surface area (Å²) in [5.41, 5.74) is 0. The normalized spacial score (nSPS) is 30.7. The molecular weight excluding hydrogens is 264 g/mol. The SMILES string of the molecule is CCCn1ncnc1CC(NCC)C1C(C)OC(C)C1C. The molecule has 0 radical (unpaired) electrons. The van der Waals surface area contributed by atoms with Crippen molar-refractivity contribution in [3.05, 3.63) is 12.2 Å². The highest BCUT2D eigenvalue weighted by atomic mass is 16.5. The number of rotatable bonds is 7. The van der Waals surface area contributed by atoms with Gasteiger partial charge in [0.25, 0.3) is 0 Å². The maximum atomic E-state index is 6.03. The Bertz CT molecular complexity index is 434. The van der Waals surface area contributed by atoms with Gasteiger partial charge in [-0.1, -0.05) is 20.8 Å². The molecule has 1 aromatic heterocycles. The molecular formula is C16H30N4O. The summed E-state index contributed by atoms with van der Waals surface area (Å²) < 4.78 is 8.07. The first kappa shape index (κ1) is 16.4. The van der Waals surface area contributed by atoms with Gasteiger partial charge in [-0.3, -0.25) is 4.68 Å². The van der Waals surface area contributed by atoms with Crippen molar-refractivity contribution in [2.75, 3.05) is 6.54 Å². The second-order valence-corrected chi connectivity index (χ2v) is 6.25. The molecule has 2 rings (SSSR count). The van der Waals surface area contributed by atoms with Crippen LogP contribution in [0.5, 0.6) is 0 Å². The van der Waals surface area contributed by atoms with E-state index in [9.17, 15) is 0 Å². The summed E-state index contributed by atoms with van der Waals surface area (Å²) >= 11 is 0. The fourth-order valence-corrected chi connectivity index (χ4v) is 3.64. The third-order valence-corrected chi connectivity index (χ3v) is 4.78. The van der Waals surface area contributed by atoms with Crippen LogP contribution < -0.4 is 5.32 Å². The van der Waals surface area contributed by atoms with Crippen molar-refractivity contribution in [2.45, 2.75) is 72.3 Å². The molecule has 0 amide bonds. The number of nitrogens with zero attached hydrogens (tertiary/aromatic N) is 3. The van der Waals surface area contributed by atoms with Gasteiger partial charge >= 0.3 is 0 Å². The van der Waals surface area contributed by atoms with Gasteiger partial charge in [0, 0.05) is 24.9 Å². The minimum absolute atomic E-state index is 0.293. The number of hydrogen-bond donors (Lipinski definition) is 1. The summed E-state index contributed by atoms with van der Waals surface area (Å²) in [4.78, 5) is 4.47. The lowest BCUT2D eigenvalue weighted by Crippen LogP contribution is -2.44. The predicted octanol–water partition coefficient (Wildman–Crippen LogP) is 2.27. The van der Waals surface area contributed by atoms with E-state index in [1.807, 2.05) is 4.68 Å². The van der Waals surface area contributed by atoms with Crippen LogP contribution in [0.4, 0.5) is 0 Å². The zero-order valence-corrected chi connectivity index (χ0v) is 14.0. The molecule has 1 saturated heterocycles. The van der Waals surface area contributed by atoms with Crippen LogP contribution in [0.1, 0.15) is 46.9 Å². The second kappa shape index (κ2) is 7.36. The topological polar surface area (TPSA) is 52.0 Å². The van der Waals surface area contributed by atoms with Crippen molar-refractivity contribution in [1.29, 1.82) is 0 Å². The second-order valence-electron chi connectivity index (χ2n) is 6.25. The van der Waals surface area contributed by atoms with E-state index in [0.717, 1.165) is 31.8 Å². The molecule has 0 saturated carbocycles. The van der Waals surface area contributed by atoms with Crippen LogP contribution in [0, 0.1) is 11.8 Å². The van der Waals surface area contributed by atoms with Gasteiger partial charge in [0.05, 0.1) is 12.2 Å². The van der Waals surface area contributed by atoms with E-state index in [-0.39, 0.29) is 0 Å². The number of nitrogens with one attached hydrogen (secondary N) is 1. The van der Waals surface area contributed by atoms with Crippen molar-refractivity contribution in [1.82, 2.24) is 20.1 Å². The zero-order valence-electron chi connectivity index (χ0n) is 14.0. The molecule has 0 bridgehead atoms. The van der Waals surface area contributed by atoms with E-state index in [4.69, 9.17) is 4.74 Å². The lowest BCUT2D eigenvalue weighted by Gasteiger charge is -2.29. The Labute approximate surface area is 128 Å². The predicted molar refractivity (Wildman–Crippen MR) is 84.1 cm³/mol. The Morgan fingerprint density at radius 2 is 2.05 bits per heavy atom. The highest BCUT2D eigenvalue weighted by Gasteiger charge is 2.41. The Kier molecular flexibility index (Phi) is 5.76. The number of aromatic nitrogens is 3. The quantitative estimate of drug-likeness (QED) is 0.838. The molecule has 0 aromatic carbocycles. The lowest BCUT2D eigenvalue weighted by atomic mass is 9.82. The van der Waals surface area contributed by atoms with Gasteiger partial charge in [-0.25, -0.2) is 4.98 Å². The minimum atomic E-state index is 0.293. The maximum absolute atomic E-state index is 6.03.